The van der Waals surface area contributed by atoms with E-state index in [-0.39, 0.29) is 11.5 Å². The van der Waals surface area contributed by atoms with Crippen molar-refractivity contribution in [3.8, 4) is 0 Å². The van der Waals surface area contributed by atoms with Gasteiger partial charge in [-0.15, -0.1) is 0 Å². The van der Waals surface area contributed by atoms with E-state index in [4.69, 9.17) is 28.2 Å². The van der Waals surface area contributed by atoms with Crippen LogP contribution in [0.2, 0.25) is 10.0 Å². The Morgan fingerprint density at radius 1 is 1.10 bits per heavy atom. The normalized spacial score (nSPS) is 12.2. The van der Waals surface area contributed by atoms with Crippen LogP contribution in [-0.2, 0) is 6.54 Å². The van der Waals surface area contributed by atoms with Gasteiger partial charge in [0.2, 0.25) is 0 Å². The molecule has 1 heterocycles. The molecule has 0 saturated heterocycles. The molecule has 0 saturated carbocycles. The molecule has 0 radical (unpaired) electrons. The Hall–Kier alpha value is -2.37. The van der Waals surface area contributed by atoms with Crippen molar-refractivity contribution in [1.82, 2.24) is 14.5 Å². The number of carbonyl (C=O) groups is 1. The molecule has 0 N–H and O–H groups in total. The number of rotatable bonds is 7. The summed E-state index contributed by atoms with van der Waals surface area (Å²) >= 11 is 12.1. The van der Waals surface area contributed by atoms with Gasteiger partial charge < -0.3 is 4.90 Å². The van der Waals surface area contributed by atoms with E-state index in [1.807, 2.05) is 13.8 Å². The molecular weight excluding hydrogens is 421 g/mol. The van der Waals surface area contributed by atoms with Crippen molar-refractivity contribution in [2.45, 2.75) is 46.2 Å². The lowest BCUT2D eigenvalue weighted by molar-refractivity contribution is 0.0676. The molecule has 0 bridgehead atoms. The summed E-state index contributed by atoms with van der Waals surface area (Å²) in [5.74, 6) is 0.436. The van der Waals surface area contributed by atoms with Crippen LogP contribution in [0.3, 0.4) is 0 Å². The zero-order valence-corrected chi connectivity index (χ0v) is 18.9. The zero-order chi connectivity index (χ0) is 21.8. The summed E-state index contributed by atoms with van der Waals surface area (Å²) in [5, 5.41) is 1.61. The highest BCUT2D eigenvalue weighted by molar-refractivity contribution is 6.31. The highest BCUT2D eigenvalue weighted by atomic mass is 35.5. The third kappa shape index (κ3) is 4.52. The summed E-state index contributed by atoms with van der Waals surface area (Å²) in [6.07, 6.45) is 1.79. The van der Waals surface area contributed by atoms with Gasteiger partial charge in [0.05, 0.1) is 16.9 Å². The average Bonchev–Trinajstić information content (AvgIpc) is 2.73. The van der Waals surface area contributed by atoms with Crippen molar-refractivity contribution in [1.29, 1.82) is 0 Å². The summed E-state index contributed by atoms with van der Waals surface area (Å²) in [6, 6.07) is 11.5. The number of fused-ring (bicyclic) bond motifs is 1. The van der Waals surface area contributed by atoms with Gasteiger partial charge in [-0.25, -0.2) is 4.98 Å². The quantitative estimate of drug-likeness (QED) is 0.466. The molecule has 2 aromatic carbocycles. The minimum Gasteiger partial charge on any atom is -0.329 e. The lowest BCUT2D eigenvalue weighted by atomic mass is 10.1. The van der Waals surface area contributed by atoms with Gasteiger partial charge in [-0.3, -0.25) is 14.2 Å². The lowest BCUT2D eigenvalue weighted by Crippen LogP contribution is -2.38. The number of amides is 1. The zero-order valence-electron chi connectivity index (χ0n) is 17.4. The highest BCUT2D eigenvalue weighted by Crippen LogP contribution is 2.24. The Kier molecular flexibility index (Phi) is 7.16. The van der Waals surface area contributed by atoms with Crippen LogP contribution < -0.4 is 5.56 Å². The highest BCUT2D eigenvalue weighted by Gasteiger charge is 2.26. The number of benzene rings is 2. The molecule has 1 atom stereocenters. The number of unbranched alkanes of at least 4 members (excludes halogenated alkanes) is 1. The molecule has 7 heteroatoms. The minimum absolute atomic E-state index is 0.115. The third-order valence-corrected chi connectivity index (χ3v) is 5.70. The third-order valence-electron chi connectivity index (χ3n) is 5.21. The van der Waals surface area contributed by atoms with E-state index < -0.39 is 6.04 Å². The predicted molar refractivity (Wildman–Crippen MR) is 122 cm³/mol. The maximum atomic E-state index is 13.3. The molecule has 3 aromatic rings. The number of nitrogens with zero attached hydrogens (tertiary/aromatic N) is 3. The van der Waals surface area contributed by atoms with Gasteiger partial charge in [0.1, 0.15) is 5.82 Å². The van der Waals surface area contributed by atoms with Gasteiger partial charge in [-0.1, -0.05) is 36.5 Å². The van der Waals surface area contributed by atoms with Gasteiger partial charge in [-0.2, -0.15) is 0 Å². The molecule has 3 rings (SSSR count). The number of hydrogen-bond acceptors (Lipinski definition) is 3. The van der Waals surface area contributed by atoms with E-state index >= 15 is 0 Å². The summed E-state index contributed by atoms with van der Waals surface area (Å²) in [4.78, 5) is 32.9. The van der Waals surface area contributed by atoms with Gasteiger partial charge in [-0.05, 0) is 62.7 Å². The first kappa shape index (κ1) is 22.3. The molecule has 0 aliphatic heterocycles. The molecule has 1 aromatic heterocycles. The Labute approximate surface area is 186 Å². The summed E-state index contributed by atoms with van der Waals surface area (Å²) in [5.41, 5.74) is 0.959. The van der Waals surface area contributed by atoms with Crippen molar-refractivity contribution < 1.29 is 4.79 Å². The van der Waals surface area contributed by atoms with Crippen LogP contribution in [0.5, 0.6) is 0 Å². The maximum Gasteiger partial charge on any atom is 0.261 e. The molecule has 1 amide bonds. The fourth-order valence-electron chi connectivity index (χ4n) is 3.53. The average molecular weight is 446 g/mol. The lowest BCUT2D eigenvalue weighted by Gasteiger charge is -2.30. The van der Waals surface area contributed by atoms with Gasteiger partial charge in [0.15, 0.2) is 0 Å². The Balaban J connectivity index is 2.10. The van der Waals surface area contributed by atoms with Crippen LogP contribution >= 0.6 is 23.2 Å². The van der Waals surface area contributed by atoms with Crippen LogP contribution in [-0.4, -0.2) is 26.9 Å². The largest absolute Gasteiger partial charge is 0.329 e. The van der Waals surface area contributed by atoms with Crippen LogP contribution in [0.25, 0.3) is 10.9 Å². The second-order valence-electron chi connectivity index (χ2n) is 7.22. The maximum absolute atomic E-state index is 13.3. The van der Waals surface area contributed by atoms with Crippen LogP contribution in [0.1, 0.15) is 55.8 Å². The van der Waals surface area contributed by atoms with Crippen molar-refractivity contribution in [2.24, 2.45) is 0 Å². The number of halogens is 2. The standard InChI is InChI=1S/C23H25Cl2N3O2/c1-4-6-13-28(22(29)16-7-9-17(24)10-8-16)15(3)21-26-20-14-18(25)11-12-19(20)23(30)27(21)5-2/h7-12,14-15H,4-6,13H2,1-3H3. The molecule has 30 heavy (non-hydrogen) atoms. The Morgan fingerprint density at radius 2 is 1.77 bits per heavy atom. The molecular formula is C23H25Cl2N3O2. The second kappa shape index (κ2) is 9.63. The fraction of sp³-hybridized carbons (Fsp3) is 0.348. The van der Waals surface area contributed by atoms with Crippen molar-refractivity contribution >= 4 is 40.0 Å². The smallest absolute Gasteiger partial charge is 0.261 e. The van der Waals surface area contributed by atoms with Crippen LogP contribution in [0, 0.1) is 0 Å². The SMILES string of the molecule is CCCCN(C(=O)c1ccc(Cl)cc1)C(C)c1nc2cc(Cl)ccc2c(=O)n1CC. The van der Waals surface area contributed by atoms with Crippen molar-refractivity contribution in [2.75, 3.05) is 6.54 Å². The topological polar surface area (TPSA) is 55.2 Å². The van der Waals surface area contributed by atoms with Gasteiger partial charge in [0.25, 0.3) is 11.5 Å². The van der Waals surface area contributed by atoms with Gasteiger partial charge in [0, 0.05) is 28.7 Å². The summed E-state index contributed by atoms with van der Waals surface area (Å²) in [7, 11) is 0. The van der Waals surface area contributed by atoms with E-state index in [2.05, 4.69) is 6.92 Å². The first-order valence-corrected chi connectivity index (χ1v) is 10.9. The van der Waals surface area contributed by atoms with E-state index in [1.165, 1.54) is 0 Å². The number of hydrogen-bond donors (Lipinski definition) is 0. The molecule has 158 valence electrons. The first-order valence-electron chi connectivity index (χ1n) is 10.1. The van der Waals surface area contributed by atoms with E-state index in [0.717, 1.165) is 12.8 Å². The summed E-state index contributed by atoms with van der Waals surface area (Å²) < 4.78 is 1.63. The molecule has 0 aliphatic carbocycles. The number of carbonyl (C=O) groups excluding carboxylic acids is 1. The fourth-order valence-corrected chi connectivity index (χ4v) is 3.83. The molecule has 1 unspecified atom stereocenters. The molecule has 0 fully saturated rings. The molecule has 0 aliphatic rings. The predicted octanol–water partition coefficient (Wildman–Crippen LogP) is 5.73. The van der Waals surface area contributed by atoms with E-state index in [0.29, 0.717) is 45.4 Å². The number of aromatic nitrogens is 2. The Bertz CT molecular complexity index is 1110. The first-order chi connectivity index (χ1) is 14.4. The van der Waals surface area contributed by atoms with E-state index in [1.54, 1.807) is 51.9 Å². The monoisotopic (exact) mass is 445 g/mol. The van der Waals surface area contributed by atoms with Crippen molar-refractivity contribution in [3.63, 3.8) is 0 Å². The second-order valence-corrected chi connectivity index (χ2v) is 8.09. The Morgan fingerprint density at radius 3 is 2.40 bits per heavy atom. The van der Waals surface area contributed by atoms with Gasteiger partial charge >= 0.3 is 0 Å². The molecule has 5 nitrogen and oxygen atoms in total. The van der Waals surface area contributed by atoms with Crippen molar-refractivity contribution in [3.05, 3.63) is 74.3 Å². The van der Waals surface area contributed by atoms with Crippen LogP contribution in [0.4, 0.5) is 0 Å². The molecule has 0 spiro atoms. The minimum atomic E-state index is -0.393. The van der Waals surface area contributed by atoms with E-state index in [9.17, 15) is 9.59 Å². The summed E-state index contributed by atoms with van der Waals surface area (Å²) in [6.45, 7) is 6.91. The van der Waals surface area contributed by atoms with Crippen LogP contribution in [0.15, 0.2) is 47.3 Å².